The molecule has 33 heavy (non-hydrogen) atoms. The van der Waals surface area contributed by atoms with Crippen molar-refractivity contribution in [1.29, 1.82) is 0 Å². The van der Waals surface area contributed by atoms with Crippen molar-refractivity contribution < 1.29 is 18.5 Å². The summed E-state index contributed by atoms with van der Waals surface area (Å²) in [4.78, 5) is 32.8. The van der Waals surface area contributed by atoms with Crippen molar-refractivity contribution >= 4 is 17.5 Å². The standard InChI is InChI=1S/C25H27FN4O3/c1-14-18(17-11-12-27-20(13-17)28-22(32)16-5-6-16)9-7-15(21(14)26)8-10-19(31)23-29-24(30-33-23)25(2,3)4/h7,9,11-13,16H,5-6,8,10H2,1-4H3,(H,27,28,32). The fourth-order valence-electron chi connectivity index (χ4n) is 3.48. The van der Waals surface area contributed by atoms with Gasteiger partial charge in [-0.05, 0) is 60.6 Å². The number of carbonyl (C=O) groups excluding carboxylic acids is 2. The van der Waals surface area contributed by atoms with Crippen molar-refractivity contribution in [2.24, 2.45) is 5.92 Å². The minimum absolute atomic E-state index is 0.0292. The molecule has 2 aromatic heterocycles. The molecule has 1 aliphatic carbocycles. The zero-order valence-corrected chi connectivity index (χ0v) is 19.2. The number of rotatable bonds is 7. The van der Waals surface area contributed by atoms with Gasteiger partial charge >= 0.3 is 0 Å². The van der Waals surface area contributed by atoms with Crippen LogP contribution in [0.15, 0.2) is 35.0 Å². The van der Waals surface area contributed by atoms with Crippen LogP contribution in [0.3, 0.4) is 0 Å². The highest BCUT2D eigenvalue weighted by atomic mass is 19.1. The average molecular weight is 451 g/mol. The number of aryl methyl sites for hydroxylation is 1. The predicted octanol–water partition coefficient (Wildman–Crippen LogP) is 5.04. The Balaban J connectivity index is 1.47. The lowest BCUT2D eigenvalue weighted by molar-refractivity contribution is -0.117. The van der Waals surface area contributed by atoms with Gasteiger partial charge in [-0.15, -0.1) is 0 Å². The second kappa shape index (κ2) is 8.84. The Morgan fingerprint density at radius 2 is 1.97 bits per heavy atom. The van der Waals surface area contributed by atoms with Crippen LogP contribution in [0.1, 0.15) is 67.7 Å². The lowest BCUT2D eigenvalue weighted by atomic mass is 9.95. The summed E-state index contributed by atoms with van der Waals surface area (Å²) in [5.41, 5.74) is 2.05. The number of nitrogens with zero attached hydrogens (tertiary/aromatic N) is 3. The molecule has 172 valence electrons. The molecule has 0 saturated heterocycles. The fourth-order valence-corrected chi connectivity index (χ4v) is 3.48. The van der Waals surface area contributed by atoms with Crippen LogP contribution in [0.5, 0.6) is 0 Å². The Hall–Kier alpha value is -3.42. The van der Waals surface area contributed by atoms with Crippen LogP contribution in [0.25, 0.3) is 11.1 Å². The van der Waals surface area contributed by atoms with Crippen LogP contribution in [0.4, 0.5) is 10.2 Å². The van der Waals surface area contributed by atoms with Crippen LogP contribution in [0, 0.1) is 18.7 Å². The number of anilines is 1. The largest absolute Gasteiger partial charge is 0.331 e. The second-order valence-electron chi connectivity index (χ2n) is 9.50. The van der Waals surface area contributed by atoms with Gasteiger partial charge in [0.2, 0.25) is 11.7 Å². The zero-order chi connectivity index (χ0) is 23.8. The van der Waals surface area contributed by atoms with E-state index in [0.717, 1.165) is 18.4 Å². The lowest BCUT2D eigenvalue weighted by Gasteiger charge is -2.12. The number of hydrogen-bond donors (Lipinski definition) is 1. The van der Waals surface area contributed by atoms with Gasteiger partial charge in [0.15, 0.2) is 5.82 Å². The monoisotopic (exact) mass is 450 g/mol. The van der Waals surface area contributed by atoms with Gasteiger partial charge in [0.1, 0.15) is 11.6 Å². The first-order valence-electron chi connectivity index (χ1n) is 11.1. The number of hydrogen-bond acceptors (Lipinski definition) is 6. The van der Waals surface area contributed by atoms with E-state index in [4.69, 9.17) is 4.52 Å². The molecule has 1 amide bonds. The number of aromatic nitrogens is 3. The molecule has 0 aliphatic heterocycles. The summed E-state index contributed by atoms with van der Waals surface area (Å²) in [6.45, 7) is 7.49. The minimum Gasteiger partial charge on any atom is -0.331 e. The molecule has 0 atom stereocenters. The number of nitrogens with one attached hydrogen (secondary N) is 1. The molecular weight excluding hydrogens is 423 g/mol. The van der Waals surface area contributed by atoms with Gasteiger partial charge in [-0.25, -0.2) is 9.37 Å². The van der Waals surface area contributed by atoms with Crippen molar-refractivity contribution in [3.8, 4) is 11.1 Å². The zero-order valence-electron chi connectivity index (χ0n) is 19.2. The van der Waals surface area contributed by atoms with Crippen molar-refractivity contribution in [3.63, 3.8) is 0 Å². The Morgan fingerprint density at radius 3 is 2.64 bits per heavy atom. The summed E-state index contributed by atoms with van der Waals surface area (Å²) < 4.78 is 20.2. The lowest BCUT2D eigenvalue weighted by Crippen LogP contribution is -2.14. The maximum atomic E-state index is 15.1. The Bertz CT molecular complexity index is 1210. The summed E-state index contributed by atoms with van der Waals surface area (Å²) in [5.74, 6) is 0.231. The quantitative estimate of drug-likeness (QED) is 0.507. The molecule has 3 aromatic rings. The van der Waals surface area contributed by atoms with Crippen LogP contribution < -0.4 is 5.32 Å². The summed E-state index contributed by atoms with van der Waals surface area (Å²) in [7, 11) is 0. The maximum Gasteiger partial charge on any atom is 0.294 e. The number of ketones is 1. The summed E-state index contributed by atoms with van der Waals surface area (Å²) in [5, 5.41) is 6.68. The van der Waals surface area contributed by atoms with Crippen LogP contribution in [0.2, 0.25) is 0 Å². The predicted molar refractivity (Wildman–Crippen MR) is 121 cm³/mol. The number of halogens is 1. The summed E-state index contributed by atoms with van der Waals surface area (Å²) in [6.07, 6.45) is 3.69. The first-order valence-corrected chi connectivity index (χ1v) is 11.1. The van der Waals surface area contributed by atoms with E-state index in [1.807, 2.05) is 26.8 Å². The SMILES string of the molecule is Cc1c(-c2ccnc(NC(=O)C3CC3)c2)ccc(CCC(=O)c2nc(C(C)(C)C)no2)c1F. The topological polar surface area (TPSA) is 98.0 Å². The van der Waals surface area contributed by atoms with Crippen LogP contribution in [-0.2, 0) is 16.6 Å². The molecule has 1 N–H and O–H groups in total. The minimum atomic E-state index is -0.360. The van der Waals surface area contributed by atoms with E-state index in [0.29, 0.717) is 28.3 Å². The van der Waals surface area contributed by atoms with E-state index in [1.54, 1.807) is 31.3 Å². The number of carbonyl (C=O) groups is 2. The van der Waals surface area contributed by atoms with E-state index in [2.05, 4.69) is 20.4 Å². The molecular formula is C25H27FN4O3. The van der Waals surface area contributed by atoms with Crippen LogP contribution in [-0.4, -0.2) is 26.8 Å². The Kier molecular flexibility index (Phi) is 6.10. The highest BCUT2D eigenvalue weighted by molar-refractivity contribution is 5.94. The normalized spacial score (nSPS) is 13.7. The molecule has 7 nitrogen and oxygen atoms in total. The maximum absolute atomic E-state index is 15.1. The fraction of sp³-hybridized carbons (Fsp3) is 0.400. The third-order valence-electron chi connectivity index (χ3n) is 5.69. The molecule has 0 bridgehead atoms. The highest BCUT2D eigenvalue weighted by Crippen LogP contribution is 2.32. The van der Waals surface area contributed by atoms with E-state index < -0.39 is 0 Å². The van der Waals surface area contributed by atoms with Gasteiger partial charge < -0.3 is 9.84 Å². The smallest absolute Gasteiger partial charge is 0.294 e. The summed E-state index contributed by atoms with van der Waals surface area (Å²) in [6, 6.07) is 7.03. The highest BCUT2D eigenvalue weighted by Gasteiger charge is 2.30. The molecule has 1 fully saturated rings. The molecule has 0 unspecified atom stereocenters. The van der Waals surface area contributed by atoms with Gasteiger partial charge in [-0.2, -0.15) is 4.98 Å². The van der Waals surface area contributed by atoms with Crippen molar-refractivity contribution in [1.82, 2.24) is 15.1 Å². The molecule has 2 heterocycles. The third kappa shape index (κ3) is 5.16. The number of amides is 1. The third-order valence-corrected chi connectivity index (χ3v) is 5.69. The van der Waals surface area contributed by atoms with Crippen molar-refractivity contribution in [3.05, 3.63) is 59.1 Å². The van der Waals surface area contributed by atoms with E-state index >= 15 is 4.39 Å². The van der Waals surface area contributed by atoms with Gasteiger partial charge in [0, 0.05) is 24.0 Å². The van der Waals surface area contributed by atoms with E-state index in [-0.39, 0.29) is 47.6 Å². The van der Waals surface area contributed by atoms with E-state index in [1.165, 1.54) is 0 Å². The Labute approximate surface area is 191 Å². The molecule has 8 heteroatoms. The Morgan fingerprint density at radius 1 is 1.21 bits per heavy atom. The second-order valence-corrected chi connectivity index (χ2v) is 9.50. The number of pyridine rings is 1. The van der Waals surface area contributed by atoms with Gasteiger partial charge in [-0.1, -0.05) is 38.1 Å². The van der Waals surface area contributed by atoms with Crippen molar-refractivity contribution in [2.75, 3.05) is 5.32 Å². The van der Waals surface area contributed by atoms with Crippen molar-refractivity contribution in [2.45, 2.75) is 58.8 Å². The van der Waals surface area contributed by atoms with Gasteiger partial charge in [0.25, 0.3) is 5.89 Å². The number of benzene rings is 1. The van der Waals surface area contributed by atoms with E-state index in [9.17, 15) is 9.59 Å². The first kappa shape index (κ1) is 22.8. The molecule has 1 saturated carbocycles. The molecule has 4 rings (SSSR count). The molecule has 0 spiro atoms. The van der Waals surface area contributed by atoms with Crippen LogP contribution >= 0.6 is 0 Å². The molecule has 1 aliphatic rings. The summed E-state index contributed by atoms with van der Waals surface area (Å²) >= 11 is 0. The number of Topliss-reactive ketones (excluding diaryl/α,β-unsaturated/α-hetero) is 1. The first-order chi connectivity index (χ1) is 15.6. The average Bonchev–Trinajstić information content (AvgIpc) is 3.49. The molecule has 1 aromatic carbocycles. The molecule has 0 radical (unpaired) electrons. The van der Waals surface area contributed by atoms with Gasteiger partial charge in [-0.3, -0.25) is 9.59 Å². The van der Waals surface area contributed by atoms with Gasteiger partial charge in [0.05, 0.1) is 0 Å².